The van der Waals surface area contributed by atoms with Crippen molar-refractivity contribution in [2.75, 3.05) is 19.0 Å². The Morgan fingerprint density at radius 1 is 1.10 bits per heavy atom. The minimum Gasteiger partial charge on any atom is -0.618 e. The van der Waals surface area contributed by atoms with Crippen LogP contribution in [0.15, 0.2) is 61.6 Å². The molecule has 5 rings (SSSR count). The van der Waals surface area contributed by atoms with Crippen molar-refractivity contribution in [3.63, 3.8) is 0 Å². The van der Waals surface area contributed by atoms with Gasteiger partial charge in [-0.05, 0) is 28.6 Å². The Hall–Kier alpha value is -4.63. The maximum Gasteiger partial charge on any atom is 0.345 e. The number of nitrogens with zero attached hydrogens (tertiary/aromatic N) is 9. The molecule has 40 heavy (non-hydrogen) atoms. The first-order chi connectivity index (χ1) is 19.4. The van der Waals surface area contributed by atoms with Gasteiger partial charge >= 0.3 is 6.61 Å². The standard InChI is InChI=1S/C24H20ClF3N10O2/c1-29-24-30-8-15(9-31-24)16-10-33-36(11-16)18(6-7-40-23(27)28)19-4-2-14(12-38(19)39)21-20(37-13-32-34-35-37)5-3-17(25)22(21)26/h2-5,8-13,18,23H,6-7H2,1H3,(H,29,30,31)/t18-/m1/s1. The molecular formula is C24H20ClF3N10O2. The number of anilines is 1. The minimum absolute atomic E-state index is 0.0000694. The van der Waals surface area contributed by atoms with E-state index in [-0.39, 0.29) is 40.6 Å². The normalized spacial score (nSPS) is 12.2. The van der Waals surface area contributed by atoms with Crippen molar-refractivity contribution in [2.24, 2.45) is 0 Å². The first kappa shape index (κ1) is 27.0. The van der Waals surface area contributed by atoms with E-state index in [1.807, 2.05) is 0 Å². The first-order valence-corrected chi connectivity index (χ1v) is 12.1. The van der Waals surface area contributed by atoms with Gasteiger partial charge in [0, 0.05) is 49.3 Å². The number of pyridine rings is 1. The summed E-state index contributed by atoms with van der Waals surface area (Å²) in [6.45, 7) is -3.33. The van der Waals surface area contributed by atoms with Crippen LogP contribution in [0, 0.1) is 11.0 Å². The zero-order valence-electron chi connectivity index (χ0n) is 20.7. The summed E-state index contributed by atoms with van der Waals surface area (Å²) in [5.74, 6) is -0.336. The maximum atomic E-state index is 15.2. The van der Waals surface area contributed by atoms with Crippen LogP contribution in [-0.4, -0.2) is 60.2 Å². The molecule has 0 bridgehead atoms. The van der Waals surface area contributed by atoms with Crippen LogP contribution in [0.5, 0.6) is 0 Å². The number of hydrogen-bond donors (Lipinski definition) is 1. The lowest BCUT2D eigenvalue weighted by Crippen LogP contribution is -2.36. The maximum absolute atomic E-state index is 15.2. The van der Waals surface area contributed by atoms with E-state index in [9.17, 15) is 14.0 Å². The lowest BCUT2D eigenvalue weighted by atomic mass is 10.0. The molecule has 0 saturated carbocycles. The number of tetrazole rings is 1. The van der Waals surface area contributed by atoms with E-state index >= 15 is 4.39 Å². The Balaban J connectivity index is 1.52. The Morgan fingerprint density at radius 3 is 2.58 bits per heavy atom. The van der Waals surface area contributed by atoms with Gasteiger partial charge in [-0.2, -0.15) is 23.3 Å². The summed E-state index contributed by atoms with van der Waals surface area (Å²) < 4.78 is 48.3. The molecule has 12 nitrogen and oxygen atoms in total. The zero-order valence-corrected chi connectivity index (χ0v) is 21.5. The smallest absolute Gasteiger partial charge is 0.345 e. The topological polar surface area (TPSA) is 135 Å². The first-order valence-electron chi connectivity index (χ1n) is 11.7. The number of rotatable bonds is 10. The van der Waals surface area contributed by atoms with Crippen molar-refractivity contribution in [1.29, 1.82) is 0 Å². The Kier molecular flexibility index (Phi) is 7.84. The lowest BCUT2D eigenvalue weighted by Gasteiger charge is -2.18. The molecule has 4 aromatic heterocycles. The Labute approximate surface area is 229 Å². The molecule has 16 heteroatoms. The van der Waals surface area contributed by atoms with Crippen LogP contribution >= 0.6 is 11.6 Å². The number of hydrogen-bond acceptors (Lipinski definition) is 9. The molecule has 0 aliphatic heterocycles. The van der Waals surface area contributed by atoms with Crippen LogP contribution in [0.2, 0.25) is 5.02 Å². The number of halogens is 4. The van der Waals surface area contributed by atoms with Crippen LogP contribution in [0.4, 0.5) is 19.1 Å². The van der Waals surface area contributed by atoms with E-state index < -0.39 is 18.5 Å². The van der Waals surface area contributed by atoms with Gasteiger partial charge in [-0.1, -0.05) is 11.6 Å². The van der Waals surface area contributed by atoms with Gasteiger partial charge in [-0.15, -0.1) is 5.10 Å². The Morgan fingerprint density at radius 2 is 1.90 bits per heavy atom. The van der Waals surface area contributed by atoms with Crippen molar-refractivity contribution in [3.05, 3.63) is 83.3 Å². The molecule has 0 unspecified atom stereocenters. The molecule has 0 fully saturated rings. The minimum atomic E-state index is -2.98. The summed E-state index contributed by atoms with van der Waals surface area (Å²) in [5, 5.41) is 31.3. The van der Waals surface area contributed by atoms with Crippen molar-refractivity contribution < 1.29 is 22.6 Å². The second-order valence-electron chi connectivity index (χ2n) is 8.37. The molecule has 1 N–H and O–H groups in total. The van der Waals surface area contributed by atoms with E-state index in [0.29, 0.717) is 21.8 Å². The third-order valence-corrected chi connectivity index (χ3v) is 6.30. The molecule has 5 aromatic rings. The molecule has 0 radical (unpaired) electrons. The van der Waals surface area contributed by atoms with Crippen LogP contribution in [0.25, 0.3) is 27.9 Å². The number of alkyl halides is 2. The average molecular weight is 573 g/mol. The highest BCUT2D eigenvalue weighted by Gasteiger charge is 2.26. The predicted molar refractivity (Wildman–Crippen MR) is 136 cm³/mol. The summed E-state index contributed by atoms with van der Waals surface area (Å²) in [7, 11) is 1.69. The van der Waals surface area contributed by atoms with Crippen LogP contribution in [-0.2, 0) is 4.74 Å². The summed E-state index contributed by atoms with van der Waals surface area (Å²) >= 11 is 6.03. The predicted octanol–water partition coefficient (Wildman–Crippen LogP) is 3.67. The van der Waals surface area contributed by atoms with E-state index in [2.05, 4.69) is 40.6 Å². The Bertz CT molecular complexity index is 1600. The molecular weight excluding hydrogens is 553 g/mol. The van der Waals surface area contributed by atoms with E-state index in [4.69, 9.17) is 11.6 Å². The number of benzene rings is 1. The molecule has 1 aromatic carbocycles. The third-order valence-electron chi connectivity index (χ3n) is 6.01. The largest absolute Gasteiger partial charge is 0.618 e. The van der Waals surface area contributed by atoms with Crippen LogP contribution in [0.3, 0.4) is 0 Å². The van der Waals surface area contributed by atoms with Gasteiger partial charge in [0.2, 0.25) is 11.6 Å². The summed E-state index contributed by atoms with van der Waals surface area (Å²) in [6, 6.07) is 5.04. The lowest BCUT2D eigenvalue weighted by molar-refractivity contribution is -0.615. The highest BCUT2D eigenvalue weighted by Crippen LogP contribution is 2.33. The van der Waals surface area contributed by atoms with E-state index in [0.717, 1.165) is 6.20 Å². The highest BCUT2D eigenvalue weighted by molar-refractivity contribution is 6.31. The molecule has 0 aliphatic rings. The van der Waals surface area contributed by atoms with Crippen molar-refractivity contribution in [2.45, 2.75) is 19.1 Å². The molecule has 0 aliphatic carbocycles. The number of ether oxygens (including phenoxy) is 1. The molecule has 4 heterocycles. The number of nitrogens with one attached hydrogen (secondary N) is 1. The fourth-order valence-corrected chi connectivity index (χ4v) is 4.28. The zero-order chi connectivity index (χ0) is 28.2. The summed E-state index contributed by atoms with van der Waals surface area (Å²) in [6.07, 6.45) is 8.81. The van der Waals surface area contributed by atoms with E-state index in [1.54, 1.807) is 31.8 Å². The molecule has 0 spiro atoms. The second kappa shape index (κ2) is 11.6. The van der Waals surface area contributed by atoms with Gasteiger partial charge < -0.3 is 15.3 Å². The summed E-state index contributed by atoms with van der Waals surface area (Å²) in [4.78, 5) is 8.35. The summed E-state index contributed by atoms with van der Waals surface area (Å²) in [5.41, 5.74) is 1.90. The van der Waals surface area contributed by atoms with Gasteiger partial charge in [-0.3, -0.25) is 4.68 Å². The van der Waals surface area contributed by atoms with E-state index in [1.165, 1.54) is 40.0 Å². The van der Waals surface area contributed by atoms with Crippen LogP contribution < -0.4 is 10.0 Å². The fourth-order valence-electron chi connectivity index (χ4n) is 4.12. The average Bonchev–Trinajstić information content (AvgIpc) is 3.66. The van der Waals surface area contributed by atoms with Crippen LogP contribution in [0.1, 0.15) is 18.2 Å². The van der Waals surface area contributed by atoms with Gasteiger partial charge in [0.25, 0.3) is 0 Å². The van der Waals surface area contributed by atoms with Gasteiger partial charge in [0.15, 0.2) is 12.0 Å². The second-order valence-corrected chi connectivity index (χ2v) is 8.78. The van der Waals surface area contributed by atoms with Gasteiger partial charge in [0.05, 0.1) is 34.6 Å². The third kappa shape index (κ3) is 5.55. The van der Waals surface area contributed by atoms with Crippen molar-refractivity contribution in [3.8, 4) is 27.9 Å². The molecule has 0 saturated heterocycles. The quantitative estimate of drug-likeness (QED) is 0.196. The SMILES string of the molecule is CNc1ncc(-c2cnn([C@H](CCOC(F)F)c3ccc(-c4c(-n5cnnn5)ccc(Cl)c4F)c[n+]3[O-])c2)cn1. The fraction of sp³-hybridized carbons (Fsp3) is 0.208. The molecule has 1 atom stereocenters. The van der Waals surface area contributed by atoms with Crippen molar-refractivity contribution >= 4 is 17.5 Å². The molecule has 0 amide bonds. The monoisotopic (exact) mass is 572 g/mol. The van der Waals surface area contributed by atoms with Crippen molar-refractivity contribution in [1.82, 2.24) is 40.0 Å². The molecule has 206 valence electrons. The van der Waals surface area contributed by atoms with Gasteiger partial charge in [-0.25, -0.2) is 14.4 Å². The van der Waals surface area contributed by atoms with Gasteiger partial charge in [0.1, 0.15) is 12.4 Å². The highest BCUT2D eigenvalue weighted by atomic mass is 35.5. The number of aromatic nitrogens is 9.